The Kier molecular flexibility index (Phi) is 6.55. The van der Waals surface area contributed by atoms with Crippen molar-refractivity contribution in [2.75, 3.05) is 0 Å². The van der Waals surface area contributed by atoms with Crippen molar-refractivity contribution >= 4 is 69.1 Å². The van der Waals surface area contributed by atoms with Gasteiger partial charge in [0.25, 0.3) is 0 Å². The van der Waals surface area contributed by atoms with E-state index >= 15 is 0 Å². The summed E-state index contributed by atoms with van der Waals surface area (Å²) in [6, 6.07) is 28.7. The smallest absolute Gasteiger partial charge is 0.143 e. The molecule has 0 aliphatic rings. The molecule has 0 atom stereocenters. The van der Waals surface area contributed by atoms with Gasteiger partial charge in [0.15, 0.2) is 4.17 Å². The minimum atomic E-state index is -0.416. The Labute approximate surface area is 167 Å². The van der Waals surface area contributed by atoms with Gasteiger partial charge < -0.3 is 0 Å². The molecule has 0 aliphatic heterocycles. The summed E-state index contributed by atoms with van der Waals surface area (Å²) in [5, 5.41) is 4.89. The number of hydrogen-bond donors (Lipinski definition) is 1. The molecule has 0 aromatic heterocycles. The number of hydrogen-bond acceptors (Lipinski definition) is 2. The molecule has 4 aromatic carbocycles. The van der Waals surface area contributed by atoms with Gasteiger partial charge >= 0.3 is 0 Å². The standard InChI is InChI=1S/C11H8Cl2S.C10H8S/c12-11(13)14-10-7-3-5-8-4-1-2-6-9(8)10;11-10-7-3-5-8-4-1-2-6-9(8)10/h1-7,11H;1-7,11H. The van der Waals surface area contributed by atoms with Gasteiger partial charge in [0.1, 0.15) is 0 Å². The molecule has 4 rings (SSSR count). The van der Waals surface area contributed by atoms with Gasteiger partial charge in [0.05, 0.1) is 0 Å². The van der Waals surface area contributed by atoms with E-state index in [4.69, 9.17) is 23.2 Å². The summed E-state index contributed by atoms with van der Waals surface area (Å²) < 4.78 is -0.416. The zero-order chi connectivity index (χ0) is 17.6. The van der Waals surface area contributed by atoms with Crippen molar-refractivity contribution < 1.29 is 0 Å². The van der Waals surface area contributed by atoms with Gasteiger partial charge in [-0.1, -0.05) is 108 Å². The lowest BCUT2D eigenvalue weighted by molar-refractivity contribution is 1.54. The summed E-state index contributed by atoms with van der Waals surface area (Å²) in [7, 11) is 0. The highest BCUT2D eigenvalue weighted by Gasteiger charge is 2.05. The summed E-state index contributed by atoms with van der Waals surface area (Å²) in [5.74, 6) is 0. The summed E-state index contributed by atoms with van der Waals surface area (Å²) in [6.45, 7) is 0. The first-order chi connectivity index (χ1) is 12.1. The summed E-state index contributed by atoms with van der Waals surface area (Å²) in [4.78, 5) is 2.17. The van der Waals surface area contributed by atoms with E-state index < -0.39 is 4.17 Å². The number of thioether (sulfide) groups is 1. The van der Waals surface area contributed by atoms with Crippen molar-refractivity contribution in [2.24, 2.45) is 0 Å². The molecule has 0 bridgehead atoms. The van der Waals surface area contributed by atoms with Gasteiger partial charge in [-0.2, -0.15) is 0 Å². The summed E-state index contributed by atoms with van der Waals surface area (Å²) >= 11 is 17.3. The predicted octanol–water partition coefficient (Wildman–Crippen LogP) is 7.82. The predicted molar refractivity (Wildman–Crippen MR) is 116 cm³/mol. The molecule has 4 heteroatoms. The first-order valence-corrected chi connectivity index (χ1v) is 9.94. The molecule has 0 amide bonds. The Hall–Kier alpha value is -1.32. The quantitative estimate of drug-likeness (QED) is 0.202. The second-order valence-corrected chi connectivity index (χ2v) is 8.60. The maximum Gasteiger partial charge on any atom is 0.157 e. The number of fused-ring (bicyclic) bond motifs is 2. The van der Waals surface area contributed by atoms with Gasteiger partial charge in [-0.3, -0.25) is 0 Å². The number of rotatable bonds is 2. The third-order valence-corrected chi connectivity index (χ3v) is 5.44. The van der Waals surface area contributed by atoms with Crippen LogP contribution in [0.3, 0.4) is 0 Å². The van der Waals surface area contributed by atoms with E-state index in [1.54, 1.807) is 0 Å². The van der Waals surface area contributed by atoms with E-state index in [2.05, 4.69) is 49.0 Å². The normalized spacial score (nSPS) is 10.7. The molecule has 0 radical (unpaired) electrons. The Morgan fingerprint density at radius 1 is 0.640 bits per heavy atom. The lowest BCUT2D eigenvalue weighted by atomic mass is 10.1. The molecular weight excluding hydrogens is 387 g/mol. The highest BCUT2D eigenvalue weighted by Crippen LogP contribution is 2.33. The highest BCUT2D eigenvalue weighted by atomic mass is 35.5. The molecule has 0 fully saturated rings. The van der Waals surface area contributed by atoms with Crippen LogP contribution < -0.4 is 0 Å². The van der Waals surface area contributed by atoms with Gasteiger partial charge in [-0.05, 0) is 33.7 Å². The van der Waals surface area contributed by atoms with Crippen molar-refractivity contribution in [3.8, 4) is 0 Å². The second kappa shape index (κ2) is 8.86. The van der Waals surface area contributed by atoms with Crippen molar-refractivity contribution in [3.63, 3.8) is 0 Å². The number of halogens is 2. The van der Waals surface area contributed by atoms with Crippen molar-refractivity contribution in [2.45, 2.75) is 14.0 Å². The lowest BCUT2D eigenvalue weighted by Crippen LogP contribution is -1.80. The summed E-state index contributed by atoms with van der Waals surface area (Å²) in [5.41, 5.74) is 0. The molecule has 0 saturated carbocycles. The van der Waals surface area contributed by atoms with Crippen LogP contribution >= 0.6 is 47.6 Å². The molecule has 126 valence electrons. The van der Waals surface area contributed by atoms with Crippen molar-refractivity contribution in [1.29, 1.82) is 0 Å². The van der Waals surface area contributed by atoms with Crippen LogP contribution in [-0.4, -0.2) is 4.17 Å². The fourth-order valence-corrected chi connectivity index (χ4v) is 4.13. The molecule has 0 nitrogen and oxygen atoms in total. The molecule has 25 heavy (non-hydrogen) atoms. The van der Waals surface area contributed by atoms with Crippen LogP contribution in [0.5, 0.6) is 0 Å². The minimum absolute atomic E-state index is 0.416. The largest absolute Gasteiger partial charge is 0.157 e. The van der Waals surface area contributed by atoms with Gasteiger partial charge in [-0.15, -0.1) is 12.6 Å². The SMILES string of the molecule is ClC(Cl)Sc1cccc2ccccc12.Sc1cccc2ccccc12. The van der Waals surface area contributed by atoms with E-state index in [-0.39, 0.29) is 0 Å². The summed E-state index contributed by atoms with van der Waals surface area (Å²) in [6.07, 6.45) is 0. The Morgan fingerprint density at radius 3 is 1.80 bits per heavy atom. The zero-order valence-electron chi connectivity index (χ0n) is 13.3. The fourth-order valence-electron chi connectivity index (χ4n) is 2.60. The number of thiol groups is 1. The number of benzene rings is 4. The monoisotopic (exact) mass is 402 g/mol. The van der Waals surface area contributed by atoms with Crippen LogP contribution in [0.15, 0.2) is 94.7 Å². The van der Waals surface area contributed by atoms with Gasteiger partial charge in [0.2, 0.25) is 0 Å². The Morgan fingerprint density at radius 2 is 1.16 bits per heavy atom. The highest BCUT2D eigenvalue weighted by molar-refractivity contribution is 8.02. The van der Waals surface area contributed by atoms with Crippen LogP contribution in [-0.2, 0) is 0 Å². The molecule has 0 heterocycles. The molecule has 4 aromatic rings. The molecular formula is C21H16Cl2S2. The molecule has 0 aliphatic carbocycles. The Bertz CT molecular complexity index is 973. The van der Waals surface area contributed by atoms with E-state index in [1.165, 1.54) is 33.3 Å². The van der Waals surface area contributed by atoms with Gasteiger partial charge in [-0.25, -0.2) is 0 Å². The van der Waals surface area contributed by atoms with Crippen LogP contribution in [0, 0.1) is 0 Å². The maximum absolute atomic E-state index is 5.74. The molecule has 0 unspecified atom stereocenters. The van der Waals surface area contributed by atoms with E-state index in [0.29, 0.717) is 0 Å². The van der Waals surface area contributed by atoms with Crippen molar-refractivity contribution in [3.05, 3.63) is 84.9 Å². The van der Waals surface area contributed by atoms with Crippen LogP contribution in [0.4, 0.5) is 0 Å². The average molecular weight is 403 g/mol. The van der Waals surface area contributed by atoms with Gasteiger partial charge in [0, 0.05) is 9.79 Å². The van der Waals surface area contributed by atoms with E-state index in [0.717, 1.165) is 9.79 Å². The number of alkyl halides is 2. The first kappa shape index (κ1) is 18.5. The fraction of sp³-hybridized carbons (Fsp3) is 0.0476. The second-order valence-electron chi connectivity index (χ2n) is 5.35. The van der Waals surface area contributed by atoms with Crippen molar-refractivity contribution in [1.82, 2.24) is 0 Å². The lowest BCUT2D eigenvalue weighted by Gasteiger charge is -2.05. The molecule has 0 saturated heterocycles. The third-order valence-electron chi connectivity index (χ3n) is 3.73. The third kappa shape index (κ3) is 4.86. The first-order valence-electron chi connectivity index (χ1n) is 7.74. The topological polar surface area (TPSA) is 0 Å². The van der Waals surface area contributed by atoms with Crippen LogP contribution in [0.1, 0.15) is 0 Å². The van der Waals surface area contributed by atoms with Crippen LogP contribution in [0.25, 0.3) is 21.5 Å². The molecule has 0 spiro atoms. The Balaban J connectivity index is 0.000000150. The minimum Gasteiger partial charge on any atom is -0.143 e. The zero-order valence-corrected chi connectivity index (χ0v) is 16.5. The van der Waals surface area contributed by atoms with Crippen LogP contribution in [0.2, 0.25) is 0 Å². The average Bonchev–Trinajstić information content (AvgIpc) is 2.63. The molecule has 0 N–H and O–H groups in total. The van der Waals surface area contributed by atoms with E-state index in [1.807, 2.05) is 48.5 Å². The van der Waals surface area contributed by atoms with E-state index in [9.17, 15) is 0 Å². The maximum atomic E-state index is 5.74.